The van der Waals surface area contributed by atoms with Gasteiger partial charge in [-0.2, -0.15) is 0 Å². The lowest BCUT2D eigenvalue weighted by molar-refractivity contribution is 0.102. The zero-order valence-electron chi connectivity index (χ0n) is 13.7. The molecule has 1 amide bonds. The normalized spacial score (nSPS) is 9.96. The van der Waals surface area contributed by atoms with E-state index in [1.54, 1.807) is 43.5 Å². The van der Waals surface area contributed by atoms with Crippen molar-refractivity contribution in [2.45, 2.75) is 6.92 Å². The molecule has 0 radical (unpaired) electrons. The Hall–Kier alpha value is -2.66. The standard InChI is InChI=1S/C18H20ClN3O2/c1-4-20-12(2)21-13-9-10-16(17(11-13)24-3)22-18(23)14-7-5-6-8-15(14)19/h5-11,20-21H,2,4H2,1,3H3,(H,22,23). The fraction of sp³-hybridized carbons (Fsp3) is 0.167. The van der Waals surface area contributed by atoms with Crippen LogP contribution < -0.4 is 20.7 Å². The van der Waals surface area contributed by atoms with Crippen molar-refractivity contribution in [1.29, 1.82) is 0 Å². The fourth-order valence-electron chi connectivity index (χ4n) is 2.14. The lowest BCUT2D eigenvalue weighted by atomic mass is 10.2. The summed E-state index contributed by atoms with van der Waals surface area (Å²) in [5, 5.41) is 9.40. The zero-order valence-corrected chi connectivity index (χ0v) is 14.4. The Morgan fingerprint density at radius 3 is 2.62 bits per heavy atom. The lowest BCUT2D eigenvalue weighted by Gasteiger charge is -2.15. The number of amides is 1. The van der Waals surface area contributed by atoms with Gasteiger partial charge in [0.05, 0.1) is 29.2 Å². The van der Waals surface area contributed by atoms with Gasteiger partial charge in [0, 0.05) is 18.3 Å². The molecule has 0 aromatic heterocycles. The second kappa shape index (κ2) is 8.26. The molecular weight excluding hydrogens is 326 g/mol. The third kappa shape index (κ3) is 4.43. The number of hydrogen-bond acceptors (Lipinski definition) is 4. The second-order valence-electron chi connectivity index (χ2n) is 4.98. The van der Waals surface area contributed by atoms with Crippen LogP contribution in [0, 0.1) is 0 Å². The van der Waals surface area contributed by atoms with E-state index in [9.17, 15) is 4.79 Å². The first-order valence-corrected chi connectivity index (χ1v) is 7.86. The van der Waals surface area contributed by atoms with Crippen LogP contribution in [0.4, 0.5) is 11.4 Å². The number of anilines is 2. The van der Waals surface area contributed by atoms with E-state index in [1.807, 2.05) is 13.0 Å². The molecule has 2 aromatic carbocycles. The summed E-state index contributed by atoms with van der Waals surface area (Å²) in [7, 11) is 1.55. The number of hydrogen-bond donors (Lipinski definition) is 3. The smallest absolute Gasteiger partial charge is 0.257 e. The molecule has 126 valence electrons. The molecule has 3 N–H and O–H groups in total. The minimum Gasteiger partial charge on any atom is -0.494 e. The molecule has 2 rings (SSSR count). The van der Waals surface area contributed by atoms with Gasteiger partial charge in [0.1, 0.15) is 5.75 Å². The number of carbonyl (C=O) groups excluding carboxylic acids is 1. The first-order valence-electron chi connectivity index (χ1n) is 7.49. The number of nitrogens with one attached hydrogen (secondary N) is 3. The van der Waals surface area contributed by atoms with Crippen LogP contribution in [0.5, 0.6) is 5.75 Å². The zero-order chi connectivity index (χ0) is 17.5. The number of halogens is 1. The summed E-state index contributed by atoms with van der Waals surface area (Å²) in [6, 6.07) is 12.2. The lowest BCUT2D eigenvalue weighted by Crippen LogP contribution is -2.18. The topological polar surface area (TPSA) is 62.4 Å². The maximum Gasteiger partial charge on any atom is 0.257 e. The van der Waals surface area contributed by atoms with Crippen LogP contribution in [0.15, 0.2) is 54.9 Å². The summed E-state index contributed by atoms with van der Waals surface area (Å²) >= 11 is 6.05. The van der Waals surface area contributed by atoms with Crippen molar-refractivity contribution in [3.8, 4) is 5.75 Å². The monoisotopic (exact) mass is 345 g/mol. The average molecular weight is 346 g/mol. The molecule has 0 saturated carbocycles. The molecule has 0 atom stereocenters. The third-order valence-corrected chi connectivity index (χ3v) is 3.58. The highest BCUT2D eigenvalue weighted by Crippen LogP contribution is 2.29. The molecule has 0 saturated heterocycles. The number of carbonyl (C=O) groups is 1. The summed E-state index contributed by atoms with van der Waals surface area (Å²) in [4.78, 5) is 12.4. The van der Waals surface area contributed by atoms with Crippen LogP contribution in [0.2, 0.25) is 5.02 Å². The molecule has 5 nitrogen and oxygen atoms in total. The molecule has 0 spiro atoms. The predicted molar refractivity (Wildman–Crippen MR) is 98.8 cm³/mol. The highest BCUT2D eigenvalue weighted by atomic mass is 35.5. The Bertz CT molecular complexity index is 747. The number of rotatable bonds is 7. The SMILES string of the molecule is C=C(NCC)Nc1ccc(NC(=O)c2ccccc2Cl)c(OC)c1. The van der Waals surface area contributed by atoms with Crippen molar-refractivity contribution in [3.63, 3.8) is 0 Å². The largest absolute Gasteiger partial charge is 0.494 e. The predicted octanol–water partition coefficient (Wildman–Crippen LogP) is 4.09. The van der Waals surface area contributed by atoms with E-state index in [4.69, 9.17) is 16.3 Å². The van der Waals surface area contributed by atoms with E-state index in [2.05, 4.69) is 22.5 Å². The third-order valence-electron chi connectivity index (χ3n) is 3.25. The van der Waals surface area contributed by atoms with Gasteiger partial charge in [0.15, 0.2) is 0 Å². The molecule has 0 heterocycles. The van der Waals surface area contributed by atoms with Crippen molar-refractivity contribution in [2.24, 2.45) is 0 Å². The van der Waals surface area contributed by atoms with Crippen LogP contribution in [0.25, 0.3) is 0 Å². The Kier molecular flexibility index (Phi) is 6.09. The van der Waals surface area contributed by atoms with Crippen molar-refractivity contribution in [1.82, 2.24) is 5.32 Å². The van der Waals surface area contributed by atoms with Crippen LogP contribution in [0.1, 0.15) is 17.3 Å². The summed E-state index contributed by atoms with van der Waals surface area (Å²) in [6.45, 7) is 6.63. The van der Waals surface area contributed by atoms with E-state index in [0.717, 1.165) is 12.2 Å². The molecule has 0 aliphatic heterocycles. The maximum absolute atomic E-state index is 12.4. The van der Waals surface area contributed by atoms with Crippen molar-refractivity contribution < 1.29 is 9.53 Å². The van der Waals surface area contributed by atoms with Gasteiger partial charge < -0.3 is 20.7 Å². The summed E-state index contributed by atoms with van der Waals surface area (Å²) in [6.07, 6.45) is 0. The summed E-state index contributed by atoms with van der Waals surface area (Å²) < 4.78 is 5.36. The van der Waals surface area contributed by atoms with Gasteiger partial charge >= 0.3 is 0 Å². The summed E-state index contributed by atoms with van der Waals surface area (Å²) in [5.74, 6) is 0.925. The molecule has 2 aromatic rings. The summed E-state index contributed by atoms with van der Waals surface area (Å²) in [5.41, 5.74) is 1.76. The van der Waals surface area contributed by atoms with Gasteiger partial charge in [0.25, 0.3) is 5.91 Å². The van der Waals surface area contributed by atoms with Gasteiger partial charge in [-0.1, -0.05) is 30.3 Å². The van der Waals surface area contributed by atoms with Crippen LogP contribution in [-0.4, -0.2) is 19.6 Å². The van der Waals surface area contributed by atoms with Gasteiger partial charge in [-0.25, -0.2) is 0 Å². The van der Waals surface area contributed by atoms with E-state index in [0.29, 0.717) is 27.8 Å². The van der Waals surface area contributed by atoms with E-state index in [1.165, 1.54) is 0 Å². The Morgan fingerprint density at radius 2 is 1.96 bits per heavy atom. The number of ether oxygens (including phenoxy) is 1. The molecule has 0 aliphatic rings. The van der Waals surface area contributed by atoms with Gasteiger partial charge in [-0.15, -0.1) is 0 Å². The first-order chi connectivity index (χ1) is 11.5. The minimum atomic E-state index is -0.295. The van der Waals surface area contributed by atoms with Crippen molar-refractivity contribution in [2.75, 3.05) is 24.3 Å². The second-order valence-corrected chi connectivity index (χ2v) is 5.39. The molecule has 0 aliphatic carbocycles. The van der Waals surface area contributed by atoms with Crippen molar-refractivity contribution in [3.05, 3.63) is 65.5 Å². The van der Waals surface area contributed by atoms with Crippen LogP contribution in [-0.2, 0) is 0 Å². The van der Waals surface area contributed by atoms with E-state index in [-0.39, 0.29) is 5.91 Å². The Balaban J connectivity index is 2.17. The number of benzene rings is 2. The molecule has 6 heteroatoms. The van der Waals surface area contributed by atoms with E-state index < -0.39 is 0 Å². The molecular formula is C18H20ClN3O2. The average Bonchev–Trinajstić information content (AvgIpc) is 2.56. The van der Waals surface area contributed by atoms with Crippen molar-refractivity contribution >= 4 is 28.9 Å². The van der Waals surface area contributed by atoms with Gasteiger partial charge in [-0.3, -0.25) is 4.79 Å². The number of methoxy groups -OCH3 is 1. The van der Waals surface area contributed by atoms with E-state index >= 15 is 0 Å². The van der Waals surface area contributed by atoms with Crippen LogP contribution >= 0.6 is 11.6 Å². The highest BCUT2D eigenvalue weighted by Gasteiger charge is 2.13. The van der Waals surface area contributed by atoms with Gasteiger partial charge in [-0.05, 0) is 31.2 Å². The molecule has 0 bridgehead atoms. The van der Waals surface area contributed by atoms with Crippen LogP contribution in [0.3, 0.4) is 0 Å². The highest BCUT2D eigenvalue weighted by molar-refractivity contribution is 6.34. The Morgan fingerprint density at radius 1 is 1.21 bits per heavy atom. The molecule has 0 unspecified atom stereocenters. The minimum absolute atomic E-state index is 0.295. The fourth-order valence-corrected chi connectivity index (χ4v) is 2.36. The Labute approximate surface area is 146 Å². The maximum atomic E-state index is 12.4. The quantitative estimate of drug-likeness (QED) is 0.707. The first kappa shape index (κ1) is 17.7. The van der Waals surface area contributed by atoms with Gasteiger partial charge in [0.2, 0.25) is 0 Å². The molecule has 24 heavy (non-hydrogen) atoms. The molecule has 0 fully saturated rings.